The Morgan fingerprint density at radius 2 is 1.33 bits per heavy atom. The summed E-state index contributed by atoms with van der Waals surface area (Å²) < 4.78 is 0. The number of hydrogen-bond donors (Lipinski definition) is 0. The summed E-state index contributed by atoms with van der Waals surface area (Å²) in [5.41, 5.74) is 2.18. The first-order valence-electron chi connectivity index (χ1n) is 6.59. The Morgan fingerprint density at radius 1 is 0.722 bits per heavy atom. The molecule has 0 saturated carbocycles. The minimum Gasteiger partial charge on any atom is -0.257 e. The summed E-state index contributed by atoms with van der Waals surface area (Å²) >= 11 is 0. The molecule has 2 aromatic rings. The van der Waals surface area contributed by atoms with Crippen LogP contribution >= 0.6 is 0 Å². The molecule has 0 atom stereocenters. The van der Waals surface area contributed by atoms with Gasteiger partial charge in [0.1, 0.15) is 0 Å². The van der Waals surface area contributed by atoms with Crippen molar-refractivity contribution in [3.05, 3.63) is 66.0 Å². The van der Waals surface area contributed by atoms with Crippen LogP contribution in [0.4, 0.5) is 0 Å². The summed E-state index contributed by atoms with van der Waals surface area (Å²) in [4.78, 5) is 4.21. The average Bonchev–Trinajstić information content (AvgIpc) is 2.51. The van der Waals surface area contributed by atoms with Crippen LogP contribution in [0.3, 0.4) is 0 Å². The summed E-state index contributed by atoms with van der Waals surface area (Å²) in [6.07, 6.45) is 5.86. The maximum atomic E-state index is 4.21. The van der Waals surface area contributed by atoms with Crippen molar-refractivity contribution >= 4 is 12.2 Å². The van der Waals surface area contributed by atoms with E-state index in [1.54, 1.807) is 6.20 Å². The maximum Gasteiger partial charge on any atom is 0.0629 e. The maximum absolute atomic E-state index is 4.21. The van der Waals surface area contributed by atoms with E-state index < -0.39 is 0 Å². The number of aromatic nitrogens is 1. The predicted octanol–water partition coefficient (Wildman–Crippen LogP) is 5.30. The van der Waals surface area contributed by atoms with Gasteiger partial charge in [-0.15, -0.1) is 0 Å². The molecule has 0 saturated heterocycles. The molecule has 1 aromatic carbocycles. The molecule has 0 aliphatic heterocycles. The van der Waals surface area contributed by atoms with Crippen molar-refractivity contribution in [1.29, 1.82) is 0 Å². The zero-order chi connectivity index (χ0) is 13.6. The van der Waals surface area contributed by atoms with Gasteiger partial charge in [0.05, 0.1) is 5.69 Å². The molecule has 0 bridgehead atoms. The van der Waals surface area contributed by atoms with Gasteiger partial charge in [-0.3, -0.25) is 4.98 Å². The average molecular weight is 241 g/mol. The van der Waals surface area contributed by atoms with Crippen LogP contribution in [0.25, 0.3) is 12.2 Å². The van der Waals surface area contributed by atoms with Crippen LogP contribution in [0.2, 0.25) is 0 Å². The van der Waals surface area contributed by atoms with E-state index in [2.05, 4.69) is 23.2 Å². The molecular weight excluding hydrogens is 218 g/mol. The van der Waals surface area contributed by atoms with Gasteiger partial charge in [-0.1, -0.05) is 70.2 Å². The fraction of sp³-hybridized carbons (Fsp3) is 0.235. The highest BCUT2D eigenvalue weighted by Crippen LogP contribution is 2.04. The molecule has 1 nitrogen and oxygen atoms in total. The van der Waals surface area contributed by atoms with Crippen LogP contribution in [0, 0.1) is 0 Å². The monoisotopic (exact) mass is 241 g/mol. The summed E-state index contributed by atoms with van der Waals surface area (Å²) in [7, 11) is 0. The topological polar surface area (TPSA) is 12.9 Å². The third kappa shape index (κ3) is 6.64. The van der Waals surface area contributed by atoms with Gasteiger partial charge in [0.25, 0.3) is 0 Å². The van der Waals surface area contributed by atoms with Crippen molar-refractivity contribution in [3.8, 4) is 0 Å². The van der Waals surface area contributed by atoms with Gasteiger partial charge < -0.3 is 0 Å². The Bertz CT molecular complexity index is 363. The van der Waals surface area contributed by atoms with Gasteiger partial charge in [-0.05, 0) is 23.8 Å². The SMILES string of the molecule is C(=C\c1ccccn1)/c1ccccc1.CC.CC. The van der Waals surface area contributed by atoms with Crippen LogP contribution < -0.4 is 0 Å². The van der Waals surface area contributed by atoms with Crippen LogP contribution in [-0.2, 0) is 0 Å². The highest BCUT2D eigenvalue weighted by Gasteiger charge is 1.85. The zero-order valence-electron chi connectivity index (χ0n) is 11.8. The molecule has 1 heteroatoms. The normalized spacial score (nSPS) is 8.89. The molecule has 0 aliphatic rings. The van der Waals surface area contributed by atoms with E-state index in [0.29, 0.717) is 0 Å². The molecule has 2 rings (SSSR count). The Balaban J connectivity index is 0.000000659. The number of pyridine rings is 1. The van der Waals surface area contributed by atoms with E-state index in [1.165, 1.54) is 5.56 Å². The molecule has 1 heterocycles. The molecule has 96 valence electrons. The highest BCUT2D eigenvalue weighted by atomic mass is 14.6. The Kier molecular flexibility index (Phi) is 10.4. The Labute approximate surface area is 111 Å². The lowest BCUT2D eigenvalue weighted by atomic mass is 10.2. The zero-order valence-corrected chi connectivity index (χ0v) is 11.8. The van der Waals surface area contributed by atoms with E-state index in [4.69, 9.17) is 0 Å². The third-order valence-corrected chi connectivity index (χ3v) is 1.93. The lowest BCUT2D eigenvalue weighted by Gasteiger charge is -1.92. The minimum atomic E-state index is 0.983. The van der Waals surface area contributed by atoms with Crippen molar-refractivity contribution in [2.75, 3.05) is 0 Å². The van der Waals surface area contributed by atoms with Gasteiger partial charge in [0, 0.05) is 6.20 Å². The lowest BCUT2D eigenvalue weighted by molar-refractivity contribution is 1.30. The van der Waals surface area contributed by atoms with Gasteiger partial charge in [-0.25, -0.2) is 0 Å². The first kappa shape index (κ1) is 16.1. The van der Waals surface area contributed by atoms with Gasteiger partial charge in [-0.2, -0.15) is 0 Å². The smallest absolute Gasteiger partial charge is 0.0629 e. The summed E-state index contributed by atoms with van der Waals surface area (Å²) in [5, 5.41) is 0. The molecule has 0 aliphatic carbocycles. The summed E-state index contributed by atoms with van der Waals surface area (Å²) in [5.74, 6) is 0. The first-order chi connectivity index (χ1) is 8.95. The van der Waals surface area contributed by atoms with Gasteiger partial charge >= 0.3 is 0 Å². The summed E-state index contributed by atoms with van der Waals surface area (Å²) in [6.45, 7) is 8.00. The minimum absolute atomic E-state index is 0.983. The first-order valence-corrected chi connectivity index (χ1v) is 6.59. The van der Waals surface area contributed by atoms with Gasteiger partial charge in [0.2, 0.25) is 0 Å². The molecule has 0 radical (unpaired) electrons. The number of hydrogen-bond acceptors (Lipinski definition) is 1. The fourth-order valence-electron chi connectivity index (χ4n) is 1.22. The van der Waals surface area contributed by atoms with E-state index in [-0.39, 0.29) is 0 Å². The number of nitrogens with zero attached hydrogens (tertiary/aromatic N) is 1. The van der Waals surface area contributed by atoms with Crippen LogP contribution in [0.1, 0.15) is 39.0 Å². The quantitative estimate of drug-likeness (QED) is 0.694. The largest absolute Gasteiger partial charge is 0.257 e. The van der Waals surface area contributed by atoms with Crippen LogP contribution in [-0.4, -0.2) is 4.98 Å². The molecular formula is C17H23N. The standard InChI is InChI=1S/C13H11N.2C2H6/c1-2-6-12(7-3-1)9-10-13-8-4-5-11-14-13;2*1-2/h1-11H;2*1-2H3/b10-9+;;. The second-order valence-corrected chi connectivity index (χ2v) is 3.00. The van der Waals surface area contributed by atoms with E-state index in [1.807, 2.05) is 70.2 Å². The molecule has 18 heavy (non-hydrogen) atoms. The second-order valence-electron chi connectivity index (χ2n) is 3.00. The van der Waals surface area contributed by atoms with Crippen molar-refractivity contribution in [1.82, 2.24) is 4.98 Å². The Morgan fingerprint density at radius 3 is 1.89 bits per heavy atom. The molecule has 0 unspecified atom stereocenters. The fourth-order valence-corrected chi connectivity index (χ4v) is 1.22. The summed E-state index contributed by atoms with van der Waals surface area (Å²) in [6, 6.07) is 16.1. The van der Waals surface area contributed by atoms with E-state index in [9.17, 15) is 0 Å². The molecule has 0 spiro atoms. The predicted molar refractivity (Wildman–Crippen MR) is 82.3 cm³/mol. The van der Waals surface area contributed by atoms with Crippen LogP contribution in [0.15, 0.2) is 54.7 Å². The van der Waals surface area contributed by atoms with E-state index >= 15 is 0 Å². The number of rotatable bonds is 2. The highest BCUT2D eigenvalue weighted by molar-refractivity contribution is 5.67. The number of benzene rings is 1. The Hall–Kier alpha value is -1.89. The lowest BCUT2D eigenvalue weighted by Crippen LogP contribution is -1.76. The van der Waals surface area contributed by atoms with Crippen molar-refractivity contribution in [2.24, 2.45) is 0 Å². The molecule has 1 aromatic heterocycles. The van der Waals surface area contributed by atoms with Crippen LogP contribution in [0.5, 0.6) is 0 Å². The van der Waals surface area contributed by atoms with Crippen molar-refractivity contribution in [3.63, 3.8) is 0 Å². The third-order valence-electron chi connectivity index (χ3n) is 1.93. The molecule has 0 amide bonds. The van der Waals surface area contributed by atoms with E-state index in [0.717, 1.165) is 5.69 Å². The van der Waals surface area contributed by atoms with Crippen molar-refractivity contribution in [2.45, 2.75) is 27.7 Å². The second kappa shape index (κ2) is 11.6. The molecule has 0 N–H and O–H groups in total. The van der Waals surface area contributed by atoms with Gasteiger partial charge in [0.15, 0.2) is 0 Å². The van der Waals surface area contributed by atoms with Crippen molar-refractivity contribution < 1.29 is 0 Å². The molecule has 0 fully saturated rings.